The van der Waals surface area contributed by atoms with E-state index in [1.54, 1.807) is 30.5 Å². The number of halogens is 1. The maximum atomic E-state index is 11.0. The van der Waals surface area contributed by atoms with Crippen molar-refractivity contribution in [2.75, 3.05) is 12.5 Å². The number of para-hydroxylation sites is 1. The van der Waals surface area contributed by atoms with Gasteiger partial charge in [0.05, 0.1) is 24.0 Å². The van der Waals surface area contributed by atoms with Crippen LogP contribution in [-0.2, 0) is 4.79 Å². The molecule has 0 saturated carbocycles. The number of ether oxygens (including phenoxy) is 2. The summed E-state index contributed by atoms with van der Waals surface area (Å²) in [6.45, 7) is 1.34. The third-order valence-corrected chi connectivity index (χ3v) is 3.04. The lowest BCUT2D eigenvalue weighted by Gasteiger charge is -2.08. The maximum Gasteiger partial charge on any atom is 0.308 e. The summed E-state index contributed by atoms with van der Waals surface area (Å²) in [5.74, 6) is 0.420. The third kappa shape index (κ3) is 4.23. The largest absolute Gasteiger partial charge is 0.493 e. The van der Waals surface area contributed by atoms with E-state index in [-0.39, 0.29) is 0 Å². The van der Waals surface area contributed by atoms with Gasteiger partial charge in [-0.1, -0.05) is 23.7 Å². The molecule has 2 aromatic carbocycles. The Labute approximate surface area is 133 Å². The van der Waals surface area contributed by atoms with Gasteiger partial charge >= 0.3 is 5.97 Å². The molecule has 0 amide bonds. The van der Waals surface area contributed by atoms with Crippen LogP contribution in [-0.4, -0.2) is 19.3 Å². The molecular weight excluding hydrogens is 304 g/mol. The predicted octanol–water partition coefficient (Wildman–Crippen LogP) is 3.72. The summed E-state index contributed by atoms with van der Waals surface area (Å²) in [7, 11) is 1.51. The molecule has 0 aromatic heterocycles. The molecule has 6 heteroatoms. The minimum Gasteiger partial charge on any atom is -0.493 e. The first-order valence-corrected chi connectivity index (χ1v) is 6.88. The lowest BCUT2D eigenvalue weighted by atomic mass is 10.2. The van der Waals surface area contributed by atoms with Gasteiger partial charge in [-0.25, -0.2) is 0 Å². The SMILES string of the molecule is COc1cc(C=NNc2ccccc2Cl)ccc1OC(C)=O. The van der Waals surface area contributed by atoms with Crippen LogP contribution in [0, 0.1) is 0 Å². The highest BCUT2D eigenvalue weighted by Gasteiger charge is 2.07. The highest BCUT2D eigenvalue weighted by Crippen LogP contribution is 2.27. The number of benzene rings is 2. The van der Waals surface area contributed by atoms with Gasteiger partial charge in [0.1, 0.15) is 0 Å². The Balaban J connectivity index is 2.11. The molecule has 0 aliphatic carbocycles. The van der Waals surface area contributed by atoms with E-state index in [1.807, 2.05) is 18.2 Å². The van der Waals surface area contributed by atoms with Crippen LogP contribution >= 0.6 is 11.6 Å². The molecular formula is C16H15ClN2O3. The van der Waals surface area contributed by atoms with Crippen molar-refractivity contribution in [1.29, 1.82) is 0 Å². The number of methoxy groups -OCH3 is 1. The predicted molar refractivity (Wildman–Crippen MR) is 87.0 cm³/mol. The van der Waals surface area contributed by atoms with Crippen molar-refractivity contribution in [3.63, 3.8) is 0 Å². The number of nitrogens with one attached hydrogen (secondary N) is 1. The normalized spacial score (nSPS) is 10.5. The van der Waals surface area contributed by atoms with Crippen LogP contribution in [0.5, 0.6) is 11.5 Å². The molecule has 0 bridgehead atoms. The van der Waals surface area contributed by atoms with Crippen LogP contribution in [0.3, 0.4) is 0 Å². The van der Waals surface area contributed by atoms with Gasteiger partial charge < -0.3 is 9.47 Å². The third-order valence-electron chi connectivity index (χ3n) is 2.71. The molecule has 114 valence electrons. The van der Waals surface area contributed by atoms with E-state index in [1.165, 1.54) is 14.0 Å². The van der Waals surface area contributed by atoms with E-state index in [9.17, 15) is 4.79 Å². The van der Waals surface area contributed by atoms with Crippen LogP contribution in [0.1, 0.15) is 12.5 Å². The topological polar surface area (TPSA) is 59.9 Å². The molecule has 0 atom stereocenters. The Kier molecular flexibility index (Phi) is 5.38. The van der Waals surface area contributed by atoms with Crippen molar-refractivity contribution < 1.29 is 14.3 Å². The van der Waals surface area contributed by atoms with E-state index in [0.717, 1.165) is 5.56 Å². The van der Waals surface area contributed by atoms with Gasteiger partial charge in [0.15, 0.2) is 11.5 Å². The molecule has 0 spiro atoms. The van der Waals surface area contributed by atoms with E-state index in [2.05, 4.69) is 10.5 Å². The monoisotopic (exact) mass is 318 g/mol. The quantitative estimate of drug-likeness (QED) is 0.395. The Morgan fingerprint density at radius 1 is 1.23 bits per heavy atom. The van der Waals surface area contributed by atoms with Crippen LogP contribution in [0.25, 0.3) is 0 Å². The molecule has 2 aromatic rings. The Morgan fingerprint density at radius 2 is 2.00 bits per heavy atom. The number of hydrogen-bond acceptors (Lipinski definition) is 5. The molecule has 0 fully saturated rings. The molecule has 5 nitrogen and oxygen atoms in total. The minimum absolute atomic E-state index is 0.367. The van der Waals surface area contributed by atoms with Gasteiger partial charge in [-0.15, -0.1) is 0 Å². The summed E-state index contributed by atoms with van der Waals surface area (Å²) >= 11 is 6.02. The van der Waals surface area contributed by atoms with Crippen LogP contribution in [0.4, 0.5) is 5.69 Å². The van der Waals surface area contributed by atoms with Crippen LogP contribution in [0.15, 0.2) is 47.6 Å². The summed E-state index contributed by atoms with van der Waals surface area (Å²) in [5.41, 5.74) is 4.35. The number of anilines is 1. The number of esters is 1. The van der Waals surface area contributed by atoms with Gasteiger partial charge in [0, 0.05) is 6.92 Å². The fraction of sp³-hybridized carbons (Fsp3) is 0.125. The van der Waals surface area contributed by atoms with Crippen LogP contribution < -0.4 is 14.9 Å². The number of hydrazone groups is 1. The molecule has 2 rings (SSSR count). The first-order valence-electron chi connectivity index (χ1n) is 6.50. The Morgan fingerprint density at radius 3 is 2.68 bits per heavy atom. The van der Waals surface area contributed by atoms with Gasteiger partial charge in [0.2, 0.25) is 0 Å². The Bertz CT molecular complexity index is 702. The molecule has 1 N–H and O–H groups in total. The molecule has 0 aliphatic rings. The number of carbonyl (C=O) groups excluding carboxylic acids is 1. The standard InChI is InChI=1S/C16H15ClN2O3/c1-11(20)22-15-8-7-12(9-16(15)21-2)10-18-19-14-6-4-3-5-13(14)17/h3-10,19H,1-2H3. The lowest BCUT2D eigenvalue weighted by Crippen LogP contribution is -2.03. The van der Waals surface area contributed by atoms with Crippen molar-refractivity contribution in [3.8, 4) is 11.5 Å². The number of rotatable bonds is 5. The first kappa shape index (κ1) is 15.9. The number of carbonyl (C=O) groups is 1. The summed E-state index contributed by atoms with van der Waals surface area (Å²) in [6.07, 6.45) is 1.61. The van der Waals surface area contributed by atoms with Crippen molar-refractivity contribution in [1.82, 2.24) is 0 Å². The van der Waals surface area contributed by atoms with E-state index in [4.69, 9.17) is 21.1 Å². The van der Waals surface area contributed by atoms with Gasteiger partial charge in [0.25, 0.3) is 0 Å². The van der Waals surface area contributed by atoms with E-state index in [0.29, 0.717) is 22.2 Å². The zero-order valence-corrected chi connectivity index (χ0v) is 12.9. The smallest absolute Gasteiger partial charge is 0.308 e. The van der Waals surface area contributed by atoms with Crippen molar-refractivity contribution in [2.45, 2.75) is 6.92 Å². The van der Waals surface area contributed by atoms with E-state index >= 15 is 0 Å². The summed E-state index contributed by atoms with van der Waals surface area (Å²) in [6, 6.07) is 12.4. The average Bonchev–Trinajstić information content (AvgIpc) is 2.50. The van der Waals surface area contributed by atoms with Crippen molar-refractivity contribution >= 4 is 29.5 Å². The van der Waals surface area contributed by atoms with Gasteiger partial charge in [-0.3, -0.25) is 10.2 Å². The summed E-state index contributed by atoms with van der Waals surface area (Å²) in [4.78, 5) is 11.0. The van der Waals surface area contributed by atoms with Gasteiger partial charge in [-0.05, 0) is 35.9 Å². The first-order chi connectivity index (χ1) is 10.6. The summed E-state index contributed by atoms with van der Waals surface area (Å²) < 4.78 is 10.2. The molecule has 0 radical (unpaired) electrons. The van der Waals surface area contributed by atoms with Crippen molar-refractivity contribution in [3.05, 3.63) is 53.1 Å². The fourth-order valence-electron chi connectivity index (χ4n) is 1.73. The molecule has 22 heavy (non-hydrogen) atoms. The van der Waals surface area contributed by atoms with E-state index < -0.39 is 5.97 Å². The summed E-state index contributed by atoms with van der Waals surface area (Å²) in [5, 5.41) is 4.70. The average molecular weight is 319 g/mol. The second-order valence-electron chi connectivity index (χ2n) is 4.35. The Hall–Kier alpha value is -2.53. The minimum atomic E-state index is -0.403. The number of nitrogens with zero attached hydrogens (tertiary/aromatic N) is 1. The fourth-order valence-corrected chi connectivity index (χ4v) is 1.91. The lowest BCUT2D eigenvalue weighted by molar-refractivity contribution is -0.132. The second kappa shape index (κ2) is 7.47. The highest BCUT2D eigenvalue weighted by atomic mass is 35.5. The maximum absolute atomic E-state index is 11.0. The molecule has 0 heterocycles. The van der Waals surface area contributed by atoms with Crippen molar-refractivity contribution in [2.24, 2.45) is 5.10 Å². The molecule has 0 saturated heterocycles. The highest BCUT2D eigenvalue weighted by molar-refractivity contribution is 6.33. The molecule has 0 unspecified atom stereocenters. The number of hydrogen-bond donors (Lipinski definition) is 1. The molecule has 0 aliphatic heterocycles. The second-order valence-corrected chi connectivity index (χ2v) is 4.76. The van der Waals surface area contributed by atoms with Crippen LogP contribution in [0.2, 0.25) is 5.02 Å². The van der Waals surface area contributed by atoms with Gasteiger partial charge in [-0.2, -0.15) is 5.10 Å². The zero-order chi connectivity index (χ0) is 15.9. The zero-order valence-electron chi connectivity index (χ0n) is 12.2.